The Kier molecular flexibility index (Phi) is 3.33. The van der Waals surface area contributed by atoms with E-state index in [9.17, 15) is 4.79 Å². The van der Waals surface area contributed by atoms with Gasteiger partial charge < -0.3 is 0 Å². The summed E-state index contributed by atoms with van der Waals surface area (Å²) < 4.78 is 0. The molecule has 1 saturated carbocycles. The van der Waals surface area contributed by atoms with Gasteiger partial charge in [-0.2, -0.15) is 0 Å². The molecule has 1 unspecified atom stereocenters. The van der Waals surface area contributed by atoms with Gasteiger partial charge in [0, 0.05) is 29.3 Å². The van der Waals surface area contributed by atoms with Crippen molar-refractivity contribution in [2.45, 2.75) is 39.5 Å². The molecule has 2 aromatic rings. The highest BCUT2D eigenvalue weighted by Gasteiger charge is 2.37. The lowest BCUT2D eigenvalue weighted by Crippen LogP contribution is -2.34. The molecule has 1 fully saturated rings. The van der Waals surface area contributed by atoms with E-state index in [-0.39, 0.29) is 11.3 Å². The van der Waals surface area contributed by atoms with Gasteiger partial charge in [0.1, 0.15) is 0 Å². The Bertz CT molecular complexity index is 639. The molecule has 1 aromatic heterocycles. The fourth-order valence-electron chi connectivity index (χ4n) is 3.50. The van der Waals surface area contributed by atoms with Crippen molar-refractivity contribution < 1.29 is 4.79 Å². The average molecular weight is 267 g/mol. The van der Waals surface area contributed by atoms with Crippen molar-refractivity contribution in [2.75, 3.05) is 0 Å². The highest BCUT2D eigenvalue weighted by Crippen LogP contribution is 2.42. The second-order valence-corrected chi connectivity index (χ2v) is 6.55. The van der Waals surface area contributed by atoms with Gasteiger partial charge in [0.05, 0.1) is 0 Å². The summed E-state index contributed by atoms with van der Waals surface area (Å²) in [5.41, 5.74) is 0.954. The number of benzene rings is 1. The van der Waals surface area contributed by atoms with Crippen LogP contribution < -0.4 is 0 Å². The minimum Gasteiger partial charge on any atom is -0.294 e. The topological polar surface area (TPSA) is 30.0 Å². The van der Waals surface area contributed by atoms with Gasteiger partial charge in [0.25, 0.3) is 0 Å². The van der Waals surface area contributed by atoms with Crippen molar-refractivity contribution in [3.8, 4) is 0 Å². The van der Waals surface area contributed by atoms with Crippen molar-refractivity contribution in [3.05, 3.63) is 42.2 Å². The van der Waals surface area contributed by atoms with E-state index in [1.54, 1.807) is 6.20 Å². The van der Waals surface area contributed by atoms with Crippen molar-refractivity contribution in [1.29, 1.82) is 0 Å². The summed E-state index contributed by atoms with van der Waals surface area (Å²) in [5.74, 6) is 0.440. The summed E-state index contributed by atoms with van der Waals surface area (Å²) in [6.07, 6.45) is 8.17. The maximum absolute atomic E-state index is 13.0. The highest BCUT2D eigenvalue weighted by molar-refractivity contribution is 6.09. The zero-order chi connectivity index (χ0) is 14.2. The number of Topliss-reactive ketones (excluding diaryl/α,β-unsaturated/α-hetero) is 1. The van der Waals surface area contributed by atoms with Gasteiger partial charge in [0.15, 0.2) is 5.78 Å². The number of hydrogen-bond acceptors (Lipinski definition) is 2. The number of carbonyl (C=O) groups excluding carboxylic acids is 1. The summed E-state index contributed by atoms with van der Waals surface area (Å²) >= 11 is 0. The van der Waals surface area contributed by atoms with Crippen LogP contribution in [0.1, 0.15) is 49.9 Å². The maximum Gasteiger partial charge on any atom is 0.167 e. The average Bonchev–Trinajstić information content (AvgIpc) is 2.45. The fraction of sp³-hybridized carbons (Fsp3) is 0.444. The Morgan fingerprint density at radius 1 is 1.25 bits per heavy atom. The van der Waals surface area contributed by atoms with Crippen molar-refractivity contribution in [3.63, 3.8) is 0 Å². The van der Waals surface area contributed by atoms with E-state index < -0.39 is 0 Å². The summed E-state index contributed by atoms with van der Waals surface area (Å²) in [6.45, 7) is 4.47. The number of nitrogens with zero attached hydrogens (tertiary/aromatic N) is 1. The Hall–Kier alpha value is -1.70. The van der Waals surface area contributed by atoms with Gasteiger partial charge in [-0.05, 0) is 29.7 Å². The quantitative estimate of drug-likeness (QED) is 0.742. The first-order valence-corrected chi connectivity index (χ1v) is 7.46. The number of hydrogen-bond donors (Lipinski definition) is 0. The van der Waals surface area contributed by atoms with Crippen LogP contribution in [0.3, 0.4) is 0 Å². The Morgan fingerprint density at radius 2 is 2.10 bits per heavy atom. The SMILES string of the molecule is CC1(C)CCCCC1C(=O)c1cccc2ccncc12. The largest absolute Gasteiger partial charge is 0.294 e. The van der Waals surface area contributed by atoms with Gasteiger partial charge in [-0.25, -0.2) is 0 Å². The maximum atomic E-state index is 13.0. The summed E-state index contributed by atoms with van der Waals surface area (Å²) in [7, 11) is 0. The van der Waals surface area contributed by atoms with Crippen LogP contribution in [-0.4, -0.2) is 10.8 Å². The molecule has 104 valence electrons. The van der Waals surface area contributed by atoms with Gasteiger partial charge >= 0.3 is 0 Å². The number of fused-ring (bicyclic) bond motifs is 1. The lowest BCUT2D eigenvalue weighted by atomic mass is 9.66. The molecule has 0 N–H and O–H groups in total. The Balaban J connectivity index is 2.04. The van der Waals surface area contributed by atoms with E-state index in [4.69, 9.17) is 0 Å². The summed E-state index contributed by atoms with van der Waals surface area (Å²) in [5, 5.41) is 2.08. The number of rotatable bonds is 2. The molecule has 1 heterocycles. The molecule has 0 spiro atoms. The van der Waals surface area contributed by atoms with Crippen LogP contribution in [0.5, 0.6) is 0 Å². The second kappa shape index (κ2) is 5.01. The van der Waals surface area contributed by atoms with Crippen LogP contribution in [0.4, 0.5) is 0 Å². The smallest absolute Gasteiger partial charge is 0.167 e. The molecule has 2 nitrogen and oxygen atoms in total. The molecule has 20 heavy (non-hydrogen) atoms. The first kappa shape index (κ1) is 13.3. The third-order valence-electron chi connectivity index (χ3n) is 4.77. The Labute approximate surface area is 120 Å². The van der Waals surface area contributed by atoms with Crippen LogP contribution in [0.25, 0.3) is 10.8 Å². The lowest BCUT2D eigenvalue weighted by molar-refractivity contribution is 0.0699. The molecule has 0 bridgehead atoms. The van der Waals surface area contributed by atoms with Gasteiger partial charge in [0.2, 0.25) is 0 Å². The molecular weight excluding hydrogens is 246 g/mol. The van der Waals surface area contributed by atoms with E-state index in [1.165, 1.54) is 12.8 Å². The van der Waals surface area contributed by atoms with E-state index in [0.29, 0.717) is 5.78 Å². The van der Waals surface area contributed by atoms with E-state index in [0.717, 1.165) is 29.2 Å². The third kappa shape index (κ3) is 2.24. The van der Waals surface area contributed by atoms with Crippen LogP contribution in [0.15, 0.2) is 36.7 Å². The molecular formula is C18H21NO. The predicted octanol–water partition coefficient (Wildman–Crippen LogP) is 4.63. The van der Waals surface area contributed by atoms with E-state index >= 15 is 0 Å². The third-order valence-corrected chi connectivity index (χ3v) is 4.77. The minimum absolute atomic E-state index is 0.111. The van der Waals surface area contributed by atoms with E-state index in [2.05, 4.69) is 18.8 Å². The molecule has 1 aliphatic carbocycles. The van der Waals surface area contributed by atoms with Crippen LogP contribution >= 0.6 is 0 Å². The van der Waals surface area contributed by atoms with Gasteiger partial charge in [-0.1, -0.05) is 44.9 Å². The second-order valence-electron chi connectivity index (χ2n) is 6.55. The lowest BCUT2D eigenvalue weighted by Gasteiger charge is -2.37. The van der Waals surface area contributed by atoms with Crippen LogP contribution in [0, 0.1) is 11.3 Å². The number of carbonyl (C=O) groups is 1. The first-order chi connectivity index (χ1) is 9.59. The van der Waals surface area contributed by atoms with Crippen molar-refractivity contribution in [1.82, 2.24) is 4.98 Å². The number of aromatic nitrogens is 1. The van der Waals surface area contributed by atoms with Gasteiger partial charge in [-0.3, -0.25) is 9.78 Å². The van der Waals surface area contributed by atoms with Gasteiger partial charge in [-0.15, -0.1) is 0 Å². The number of ketones is 1. The molecule has 0 radical (unpaired) electrons. The zero-order valence-electron chi connectivity index (χ0n) is 12.2. The molecule has 1 aromatic carbocycles. The fourth-order valence-corrected chi connectivity index (χ4v) is 3.50. The number of pyridine rings is 1. The summed E-state index contributed by atoms with van der Waals surface area (Å²) in [4.78, 5) is 17.2. The van der Waals surface area contributed by atoms with Crippen LogP contribution in [0.2, 0.25) is 0 Å². The van der Waals surface area contributed by atoms with Crippen LogP contribution in [-0.2, 0) is 0 Å². The highest BCUT2D eigenvalue weighted by atomic mass is 16.1. The molecule has 3 rings (SSSR count). The zero-order valence-corrected chi connectivity index (χ0v) is 12.2. The monoisotopic (exact) mass is 267 g/mol. The van der Waals surface area contributed by atoms with Crippen molar-refractivity contribution >= 4 is 16.6 Å². The molecule has 1 aliphatic rings. The van der Waals surface area contributed by atoms with E-state index in [1.807, 2.05) is 30.5 Å². The molecule has 2 heteroatoms. The standard InChI is InChI=1S/C18H21NO/c1-18(2)10-4-3-8-16(18)17(20)14-7-5-6-13-9-11-19-12-15(13)14/h5-7,9,11-12,16H,3-4,8,10H2,1-2H3. The minimum atomic E-state index is 0.111. The molecule has 0 amide bonds. The first-order valence-electron chi connectivity index (χ1n) is 7.46. The molecule has 0 aliphatic heterocycles. The Morgan fingerprint density at radius 3 is 2.90 bits per heavy atom. The predicted molar refractivity (Wildman–Crippen MR) is 81.8 cm³/mol. The van der Waals surface area contributed by atoms with Crippen molar-refractivity contribution in [2.24, 2.45) is 11.3 Å². The summed E-state index contributed by atoms with van der Waals surface area (Å²) in [6, 6.07) is 7.94. The molecule has 1 atom stereocenters. The molecule has 0 saturated heterocycles. The normalized spacial score (nSPS) is 21.8.